The third-order valence-electron chi connectivity index (χ3n) is 4.76. The Balaban J connectivity index is 1.92. The minimum Gasteiger partial charge on any atom is -0.354 e. The minimum atomic E-state index is -3.78. The predicted octanol–water partition coefficient (Wildman–Crippen LogP) is 4.78. The van der Waals surface area contributed by atoms with Crippen LogP contribution in [0.2, 0.25) is 0 Å². The number of anilines is 2. The number of amides is 1. The number of aromatic nitrogens is 1. The summed E-state index contributed by atoms with van der Waals surface area (Å²) in [7, 11) is -3.78. The number of carbonyl (C=O) groups excluding carboxylic acids is 1. The van der Waals surface area contributed by atoms with Crippen molar-refractivity contribution in [3.8, 4) is 0 Å². The molecular weight excluding hydrogens is 414 g/mol. The number of nitrogens with one attached hydrogen (secondary N) is 2. The van der Waals surface area contributed by atoms with Gasteiger partial charge in [-0.25, -0.2) is 8.42 Å². The van der Waals surface area contributed by atoms with Crippen LogP contribution >= 0.6 is 0 Å². The molecule has 2 aromatic carbocycles. The lowest BCUT2D eigenvalue weighted by atomic mass is 10.1. The van der Waals surface area contributed by atoms with E-state index in [-0.39, 0.29) is 10.8 Å². The van der Waals surface area contributed by atoms with Gasteiger partial charge in [0.1, 0.15) is 11.4 Å². The van der Waals surface area contributed by atoms with Crippen LogP contribution in [-0.4, -0.2) is 19.5 Å². The van der Waals surface area contributed by atoms with Gasteiger partial charge in [-0.05, 0) is 55.2 Å². The van der Waals surface area contributed by atoms with Gasteiger partial charge in [-0.3, -0.25) is 9.52 Å². The largest absolute Gasteiger partial charge is 0.354 e. The molecule has 0 saturated heterocycles. The average Bonchev–Trinajstić information content (AvgIpc) is 3.06. The number of nitrogens with zero attached hydrogens (tertiary/aromatic N) is 1. The zero-order valence-corrected chi connectivity index (χ0v) is 18.7. The fourth-order valence-electron chi connectivity index (χ4n) is 3.14. The number of sulfonamides is 1. The van der Waals surface area contributed by atoms with Crippen molar-refractivity contribution in [1.29, 1.82) is 0 Å². The number of carbonyl (C=O) groups is 1. The molecule has 0 radical (unpaired) electrons. The molecule has 0 aliphatic carbocycles. The van der Waals surface area contributed by atoms with Gasteiger partial charge in [0, 0.05) is 6.92 Å². The van der Waals surface area contributed by atoms with Crippen molar-refractivity contribution in [2.24, 2.45) is 0 Å². The first-order valence-electron chi connectivity index (χ1n) is 9.84. The van der Waals surface area contributed by atoms with Crippen molar-refractivity contribution in [2.75, 3.05) is 10.0 Å². The average molecular weight is 440 g/mol. The molecule has 0 saturated carbocycles. The molecule has 7 nitrogen and oxygen atoms in total. The van der Waals surface area contributed by atoms with E-state index in [1.165, 1.54) is 6.92 Å². The van der Waals surface area contributed by atoms with Crippen molar-refractivity contribution in [3.05, 3.63) is 70.6 Å². The first kappa shape index (κ1) is 22.3. The molecule has 162 valence electrons. The summed E-state index contributed by atoms with van der Waals surface area (Å²) in [6, 6.07) is 12.5. The van der Waals surface area contributed by atoms with E-state index in [0.29, 0.717) is 40.4 Å². The first-order chi connectivity index (χ1) is 14.7. The number of hydrogen-bond donors (Lipinski definition) is 2. The van der Waals surface area contributed by atoms with Gasteiger partial charge in [-0.15, -0.1) is 0 Å². The van der Waals surface area contributed by atoms with Gasteiger partial charge in [0.15, 0.2) is 5.76 Å². The fourth-order valence-corrected chi connectivity index (χ4v) is 4.52. The molecule has 0 atom stereocenters. The standard InChI is InChI=1S/C23H25N3O4S/c1-5-19-8-6-7-9-20(19)26-31(28,29)22-14-18(11-10-15(22)2)12-13-21-23(24-17(4)27)16(3)25-30-21/h6-14,26H,5H2,1-4H3,(H,24,27)/b13-12-. The van der Waals surface area contributed by atoms with Gasteiger partial charge in [0.25, 0.3) is 10.0 Å². The molecule has 2 N–H and O–H groups in total. The number of rotatable bonds is 7. The molecule has 31 heavy (non-hydrogen) atoms. The van der Waals surface area contributed by atoms with Gasteiger partial charge >= 0.3 is 0 Å². The van der Waals surface area contributed by atoms with Crippen LogP contribution in [0.25, 0.3) is 12.2 Å². The number of para-hydroxylation sites is 1. The normalized spacial score (nSPS) is 11.6. The molecule has 3 aromatic rings. The summed E-state index contributed by atoms with van der Waals surface area (Å²) in [6.07, 6.45) is 4.07. The van der Waals surface area contributed by atoms with Crippen LogP contribution in [0, 0.1) is 13.8 Å². The van der Waals surface area contributed by atoms with Crippen molar-refractivity contribution in [3.63, 3.8) is 0 Å². The van der Waals surface area contributed by atoms with Crippen LogP contribution in [0.3, 0.4) is 0 Å². The Morgan fingerprint density at radius 3 is 2.58 bits per heavy atom. The molecule has 1 aromatic heterocycles. The number of benzene rings is 2. The highest BCUT2D eigenvalue weighted by Gasteiger charge is 2.19. The highest BCUT2D eigenvalue weighted by molar-refractivity contribution is 7.92. The Hall–Kier alpha value is -3.39. The molecule has 0 fully saturated rings. The molecule has 1 amide bonds. The molecule has 1 heterocycles. The summed E-state index contributed by atoms with van der Waals surface area (Å²) in [5.74, 6) is 0.149. The van der Waals surface area contributed by atoms with E-state index in [0.717, 1.165) is 5.56 Å². The Morgan fingerprint density at radius 2 is 1.87 bits per heavy atom. The lowest BCUT2D eigenvalue weighted by molar-refractivity contribution is -0.114. The van der Waals surface area contributed by atoms with Gasteiger partial charge < -0.3 is 9.84 Å². The monoisotopic (exact) mass is 439 g/mol. The molecule has 3 rings (SSSR count). The van der Waals surface area contributed by atoms with E-state index in [9.17, 15) is 13.2 Å². The molecule has 0 spiro atoms. The quantitative estimate of drug-likeness (QED) is 0.551. The SMILES string of the molecule is CCc1ccccc1NS(=O)(=O)c1cc(/C=C\c2onc(C)c2NC(C)=O)ccc1C. The highest BCUT2D eigenvalue weighted by Crippen LogP contribution is 2.26. The van der Waals surface area contributed by atoms with Crippen molar-refractivity contribution in [1.82, 2.24) is 5.16 Å². The zero-order chi connectivity index (χ0) is 22.6. The van der Waals surface area contributed by atoms with E-state index in [1.54, 1.807) is 50.3 Å². The van der Waals surface area contributed by atoms with Gasteiger partial charge in [-0.1, -0.05) is 48.5 Å². The highest BCUT2D eigenvalue weighted by atomic mass is 32.2. The third-order valence-corrected chi connectivity index (χ3v) is 6.27. The summed E-state index contributed by atoms with van der Waals surface area (Å²) in [4.78, 5) is 11.6. The molecule has 0 unspecified atom stereocenters. The van der Waals surface area contributed by atoms with E-state index >= 15 is 0 Å². The van der Waals surface area contributed by atoms with Gasteiger partial charge in [0.2, 0.25) is 5.91 Å². The zero-order valence-electron chi connectivity index (χ0n) is 17.9. The van der Waals surface area contributed by atoms with E-state index in [2.05, 4.69) is 15.2 Å². The molecule has 0 aliphatic rings. The second-order valence-electron chi connectivity index (χ2n) is 7.16. The van der Waals surface area contributed by atoms with E-state index < -0.39 is 10.0 Å². The Kier molecular flexibility index (Phi) is 6.60. The maximum Gasteiger partial charge on any atom is 0.262 e. The van der Waals surface area contributed by atoms with Crippen molar-refractivity contribution >= 4 is 39.5 Å². The molecule has 8 heteroatoms. The summed E-state index contributed by atoms with van der Waals surface area (Å²) in [6.45, 7) is 6.86. The smallest absolute Gasteiger partial charge is 0.262 e. The second kappa shape index (κ2) is 9.18. The lowest BCUT2D eigenvalue weighted by Crippen LogP contribution is -2.15. The van der Waals surface area contributed by atoms with Gasteiger partial charge in [-0.2, -0.15) is 0 Å². The number of hydrogen-bond acceptors (Lipinski definition) is 5. The van der Waals surface area contributed by atoms with Crippen LogP contribution in [0.4, 0.5) is 11.4 Å². The van der Waals surface area contributed by atoms with E-state index in [4.69, 9.17) is 4.52 Å². The topological polar surface area (TPSA) is 101 Å². The van der Waals surface area contributed by atoms with Crippen LogP contribution in [0.15, 0.2) is 51.9 Å². The predicted molar refractivity (Wildman–Crippen MR) is 122 cm³/mol. The Morgan fingerprint density at radius 1 is 1.13 bits per heavy atom. The first-order valence-corrected chi connectivity index (χ1v) is 11.3. The van der Waals surface area contributed by atoms with Gasteiger partial charge in [0.05, 0.1) is 10.6 Å². The Bertz CT molecular complexity index is 1240. The summed E-state index contributed by atoms with van der Waals surface area (Å²) < 4.78 is 34.1. The third kappa shape index (κ3) is 5.21. The summed E-state index contributed by atoms with van der Waals surface area (Å²) in [5, 5.41) is 6.56. The summed E-state index contributed by atoms with van der Waals surface area (Å²) >= 11 is 0. The van der Waals surface area contributed by atoms with Crippen LogP contribution in [-0.2, 0) is 21.2 Å². The Labute approximate surface area is 182 Å². The maximum absolute atomic E-state index is 13.1. The molecule has 0 aliphatic heterocycles. The van der Waals surface area contributed by atoms with Crippen molar-refractivity contribution in [2.45, 2.75) is 39.0 Å². The number of aryl methyl sites for hydroxylation is 3. The maximum atomic E-state index is 13.1. The van der Waals surface area contributed by atoms with Crippen LogP contribution in [0.5, 0.6) is 0 Å². The summed E-state index contributed by atoms with van der Waals surface area (Å²) in [5.41, 5.74) is 3.83. The fraction of sp³-hybridized carbons (Fsp3) is 0.217. The molecule has 0 bridgehead atoms. The lowest BCUT2D eigenvalue weighted by Gasteiger charge is -2.13. The molecular formula is C23H25N3O4S. The van der Waals surface area contributed by atoms with E-state index in [1.807, 2.05) is 25.1 Å². The minimum absolute atomic E-state index is 0.191. The second-order valence-corrected chi connectivity index (χ2v) is 8.81. The van der Waals surface area contributed by atoms with Crippen LogP contribution < -0.4 is 10.0 Å². The van der Waals surface area contributed by atoms with Crippen LogP contribution in [0.1, 0.15) is 42.0 Å². The van der Waals surface area contributed by atoms with Crippen molar-refractivity contribution < 1.29 is 17.7 Å².